The van der Waals surface area contributed by atoms with E-state index in [1.165, 1.54) is 18.5 Å². The van der Waals surface area contributed by atoms with Crippen LogP contribution in [0.5, 0.6) is 0 Å². The van der Waals surface area contributed by atoms with Crippen molar-refractivity contribution in [3.8, 4) is 17.3 Å². The van der Waals surface area contributed by atoms with E-state index in [9.17, 15) is 13.2 Å². The largest absolute Gasteiger partial charge is 0.417 e. The predicted octanol–water partition coefficient (Wildman–Crippen LogP) is 2.83. The molecule has 18 heavy (non-hydrogen) atoms. The van der Waals surface area contributed by atoms with Crippen molar-refractivity contribution in [2.75, 3.05) is 0 Å². The summed E-state index contributed by atoms with van der Waals surface area (Å²) in [5.74, 6) is 0. The number of aromatic nitrogens is 2. The Hall–Kier alpha value is -2.42. The average molecular weight is 248 g/mol. The van der Waals surface area contributed by atoms with E-state index in [1.54, 1.807) is 6.07 Å². The summed E-state index contributed by atoms with van der Waals surface area (Å²) in [4.78, 5) is 7.63. The molecule has 3 nitrogen and oxygen atoms in total. The van der Waals surface area contributed by atoms with Crippen LogP contribution in [-0.2, 0) is 6.18 Å². The van der Waals surface area contributed by atoms with Crippen molar-refractivity contribution in [2.45, 2.75) is 6.18 Å². The molecule has 1 radical (unpaired) electrons. The molecule has 0 saturated heterocycles. The van der Waals surface area contributed by atoms with Gasteiger partial charge in [0.2, 0.25) is 0 Å². The molecule has 0 fully saturated rings. The molecule has 0 saturated carbocycles. The Labute approximate surface area is 101 Å². The lowest BCUT2D eigenvalue weighted by Crippen LogP contribution is -2.05. The normalized spacial score (nSPS) is 11.0. The smallest absolute Gasteiger partial charge is 0.252 e. The van der Waals surface area contributed by atoms with Crippen LogP contribution in [0, 0.1) is 17.4 Å². The molecule has 0 aliphatic rings. The van der Waals surface area contributed by atoms with Crippen molar-refractivity contribution in [3.63, 3.8) is 0 Å². The van der Waals surface area contributed by atoms with Gasteiger partial charge in [-0.1, -0.05) is 12.1 Å². The Morgan fingerprint density at radius 2 is 1.94 bits per heavy atom. The van der Waals surface area contributed by atoms with Crippen LogP contribution >= 0.6 is 0 Å². The van der Waals surface area contributed by atoms with Gasteiger partial charge in [-0.3, -0.25) is 4.98 Å². The molecule has 0 aliphatic heterocycles. The Morgan fingerprint density at radius 1 is 1.22 bits per heavy atom. The number of nitrogens with zero attached hydrogens (tertiary/aromatic N) is 3. The van der Waals surface area contributed by atoms with Crippen molar-refractivity contribution < 1.29 is 13.2 Å². The van der Waals surface area contributed by atoms with Crippen molar-refractivity contribution in [1.82, 2.24) is 9.97 Å². The molecule has 1 aromatic heterocycles. The van der Waals surface area contributed by atoms with Gasteiger partial charge in [-0.2, -0.15) is 18.4 Å². The average Bonchev–Trinajstić information content (AvgIpc) is 2.38. The van der Waals surface area contributed by atoms with E-state index >= 15 is 0 Å². The summed E-state index contributed by atoms with van der Waals surface area (Å²) in [5.41, 5.74) is -0.614. The highest BCUT2D eigenvalue weighted by Gasteiger charge is 2.31. The number of halogens is 3. The van der Waals surface area contributed by atoms with Crippen molar-refractivity contribution in [1.29, 1.82) is 5.26 Å². The van der Waals surface area contributed by atoms with Crippen LogP contribution in [0.3, 0.4) is 0 Å². The molecule has 0 spiro atoms. The van der Waals surface area contributed by atoms with Crippen LogP contribution in [0.15, 0.2) is 30.6 Å². The molecular formula is C12H5F3N3. The Morgan fingerprint density at radius 3 is 2.61 bits per heavy atom. The predicted molar refractivity (Wildman–Crippen MR) is 56.0 cm³/mol. The number of nitriles is 1. The van der Waals surface area contributed by atoms with Gasteiger partial charge in [0.05, 0.1) is 5.56 Å². The maximum Gasteiger partial charge on any atom is 0.417 e. The number of benzene rings is 1. The first-order chi connectivity index (χ1) is 8.52. The van der Waals surface area contributed by atoms with E-state index in [2.05, 4.69) is 16.0 Å². The molecule has 6 heteroatoms. The first-order valence-electron chi connectivity index (χ1n) is 4.83. The highest BCUT2D eigenvalue weighted by molar-refractivity contribution is 5.64. The van der Waals surface area contributed by atoms with E-state index in [0.29, 0.717) is 0 Å². The van der Waals surface area contributed by atoms with Gasteiger partial charge in [-0.05, 0) is 12.1 Å². The summed E-state index contributed by atoms with van der Waals surface area (Å²) in [5, 5.41) is 8.83. The lowest BCUT2D eigenvalue weighted by Gasteiger charge is -2.08. The molecule has 0 aliphatic carbocycles. The van der Waals surface area contributed by atoms with Crippen LogP contribution in [0.4, 0.5) is 13.2 Å². The van der Waals surface area contributed by atoms with Crippen molar-refractivity contribution >= 4 is 0 Å². The maximum atomic E-state index is 12.5. The van der Waals surface area contributed by atoms with Gasteiger partial charge in [0.15, 0.2) is 5.69 Å². The first kappa shape index (κ1) is 12.0. The number of hydrogen-bond acceptors (Lipinski definition) is 3. The zero-order valence-corrected chi connectivity index (χ0v) is 8.86. The Balaban J connectivity index is 2.56. The van der Waals surface area contributed by atoms with Gasteiger partial charge in [0.25, 0.3) is 0 Å². The second kappa shape index (κ2) is 4.45. The summed E-state index contributed by atoms with van der Waals surface area (Å²) >= 11 is 0. The van der Waals surface area contributed by atoms with Crippen LogP contribution in [-0.4, -0.2) is 9.97 Å². The SMILES string of the molecule is N#Cc1nccnc1-c1cc[c]c(C(F)(F)F)c1. The fraction of sp³-hybridized carbons (Fsp3) is 0.0833. The maximum absolute atomic E-state index is 12.5. The Kier molecular flexibility index (Phi) is 2.98. The third-order valence-corrected chi connectivity index (χ3v) is 2.18. The lowest BCUT2D eigenvalue weighted by atomic mass is 10.1. The molecule has 0 N–H and O–H groups in total. The van der Waals surface area contributed by atoms with Crippen molar-refractivity contribution in [2.24, 2.45) is 0 Å². The quantitative estimate of drug-likeness (QED) is 0.779. The van der Waals surface area contributed by atoms with E-state index < -0.39 is 11.7 Å². The van der Waals surface area contributed by atoms with E-state index in [4.69, 9.17) is 5.26 Å². The van der Waals surface area contributed by atoms with E-state index in [1.807, 2.05) is 0 Å². The van der Waals surface area contributed by atoms with Gasteiger partial charge >= 0.3 is 6.18 Å². The second-order valence-corrected chi connectivity index (χ2v) is 3.35. The minimum Gasteiger partial charge on any atom is -0.252 e. The molecular weight excluding hydrogens is 243 g/mol. The molecule has 2 rings (SSSR count). The highest BCUT2D eigenvalue weighted by Crippen LogP contribution is 2.31. The fourth-order valence-corrected chi connectivity index (χ4v) is 1.41. The molecule has 89 valence electrons. The van der Waals surface area contributed by atoms with Gasteiger partial charge in [0.1, 0.15) is 11.8 Å². The molecule has 0 atom stereocenters. The van der Waals surface area contributed by atoms with Gasteiger partial charge < -0.3 is 0 Å². The van der Waals surface area contributed by atoms with Crippen molar-refractivity contribution in [3.05, 3.63) is 47.9 Å². The van der Waals surface area contributed by atoms with E-state index in [-0.39, 0.29) is 17.0 Å². The topological polar surface area (TPSA) is 49.6 Å². The standard InChI is InChI=1S/C12H5F3N3/c13-12(14,15)9-3-1-2-8(6-9)11-10(7-16)17-4-5-18-11/h1-2,4-6H. The summed E-state index contributed by atoms with van der Waals surface area (Å²) in [6, 6.07) is 7.33. The molecule has 0 unspecified atom stereocenters. The minimum atomic E-state index is -4.48. The number of hydrogen-bond donors (Lipinski definition) is 0. The highest BCUT2D eigenvalue weighted by atomic mass is 19.4. The second-order valence-electron chi connectivity index (χ2n) is 3.35. The summed E-state index contributed by atoms with van der Waals surface area (Å²) < 4.78 is 37.6. The number of rotatable bonds is 1. The van der Waals surface area contributed by atoms with Gasteiger partial charge in [-0.25, -0.2) is 4.98 Å². The van der Waals surface area contributed by atoms with Gasteiger partial charge in [0, 0.05) is 18.0 Å². The van der Waals surface area contributed by atoms with Crippen LogP contribution < -0.4 is 0 Å². The first-order valence-corrected chi connectivity index (χ1v) is 4.83. The fourth-order valence-electron chi connectivity index (χ4n) is 1.41. The zero-order valence-electron chi connectivity index (χ0n) is 8.86. The third-order valence-electron chi connectivity index (χ3n) is 2.18. The van der Waals surface area contributed by atoms with E-state index in [0.717, 1.165) is 12.1 Å². The monoisotopic (exact) mass is 248 g/mol. The minimum absolute atomic E-state index is 0.0168. The molecule has 1 aromatic carbocycles. The third kappa shape index (κ3) is 2.30. The van der Waals surface area contributed by atoms with Crippen LogP contribution in [0.1, 0.15) is 11.3 Å². The zero-order chi connectivity index (χ0) is 13.2. The lowest BCUT2D eigenvalue weighted by molar-refractivity contribution is -0.137. The Bertz CT molecular complexity index is 614. The number of alkyl halides is 3. The summed E-state index contributed by atoms with van der Waals surface area (Å²) in [7, 11) is 0. The van der Waals surface area contributed by atoms with Gasteiger partial charge in [-0.15, -0.1) is 0 Å². The summed E-state index contributed by atoms with van der Waals surface area (Å²) in [6.45, 7) is 0. The molecule has 0 amide bonds. The molecule has 2 aromatic rings. The molecule has 1 heterocycles. The van der Waals surface area contributed by atoms with Crippen LogP contribution in [0.2, 0.25) is 0 Å². The molecule has 0 bridgehead atoms. The summed E-state index contributed by atoms with van der Waals surface area (Å²) in [6.07, 6.45) is -1.85. The van der Waals surface area contributed by atoms with Crippen LogP contribution in [0.25, 0.3) is 11.3 Å².